The Balaban J connectivity index is 1.52. The monoisotopic (exact) mass is 484 g/mol. The van der Waals surface area contributed by atoms with E-state index in [1.165, 1.54) is 0 Å². The average molecular weight is 485 g/mol. The normalized spacial score (nSPS) is 11.4. The van der Waals surface area contributed by atoms with Gasteiger partial charge >= 0.3 is 0 Å². The zero-order chi connectivity index (χ0) is 23.3. The maximum atomic E-state index is 13.5. The molecule has 1 amide bonds. The Morgan fingerprint density at radius 2 is 1.97 bits per heavy atom. The van der Waals surface area contributed by atoms with E-state index in [4.69, 9.17) is 16.1 Å². The number of nitrogens with zero attached hydrogens (tertiary/aromatic N) is 3. The van der Waals surface area contributed by atoms with Crippen molar-refractivity contribution in [3.05, 3.63) is 65.0 Å². The number of nitrogens with one attached hydrogen (secondary N) is 1. The van der Waals surface area contributed by atoms with Gasteiger partial charge in [0.05, 0.1) is 18.5 Å². The molecule has 0 spiro atoms. The van der Waals surface area contributed by atoms with Crippen LogP contribution in [0.1, 0.15) is 18.7 Å². The molecule has 1 aromatic heterocycles. The fourth-order valence-electron chi connectivity index (χ4n) is 2.84. The van der Waals surface area contributed by atoms with Crippen LogP contribution in [-0.2, 0) is 21.4 Å². The van der Waals surface area contributed by atoms with Crippen LogP contribution >= 0.6 is 11.6 Å². The van der Waals surface area contributed by atoms with Gasteiger partial charge in [-0.05, 0) is 30.7 Å². The number of aromatic nitrogens is 2. The van der Waals surface area contributed by atoms with Crippen LogP contribution in [-0.4, -0.2) is 37.3 Å². The second-order valence-electron chi connectivity index (χ2n) is 6.84. The molecule has 3 rings (SSSR count). The van der Waals surface area contributed by atoms with Crippen molar-refractivity contribution >= 4 is 33.2 Å². The average Bonchev–Trinajstić information content (AvgIpc) is 3.20. The smallest absolute Gasteiger partial charge is 0.246 e. The van der Waals surface area contributed by atoms with E-state index in [2.05, 4.69) is 15.5 Å². The molecule has 1 heterocycles. The van der Waals surface area contributed by atoms with Gasteiger partial charge in [-0.1, -0.05) is 28.9 Å². The molecule has 0 saturated carbocycles. The summed E-state index contributed by atoms with van der Waals surface area (Å²) in [5, 5.41) is 6.97. The van der Waals surface area contributed by atoms with Gasteiger partial charge in [-0.3, -0.25) is 9.10 Å². The van der Waals surface area contributed by atoms with E-state index < -0.39 is 21.7 Å². The van der Waals surface area contributed by atoms with E-state index >= 15 is 0 Å². The molecule has 0 aliphatic rings. The summed E-state index contributed by atoms with van der Waals surface area (Å²) in [5.41, 5.74) is 0.642. The zero-order valence-corrected chi connectivity index (χ0v) is 18.5. The highest BCUT2D eigenvalue weighted by molar-refractivity contribution is 7.92. The molecule has 0 unspecified atom stereocenters. The number of rotatable bonds is 9. The standard InChI is InChI=1S/C20H19ClF2N4O4S/c1-32(29,30)27(15-7-8-16(22)17(23)11-15)9-3-6-18(28)24-12-19-25-20(26-31-19)13-4-2-5-14(21)10-13/h2,4-5,7-8,10-11H,3,6,9,12H2,1H3,(H,24,28). The van der Waals surface area contributed by atoms with Crippen LogP contribution in [0.5, 0.6) is 0 Å². The molecule has 0 aliphatic carbocycles. The summed E-state index contributed by atoms with van der Waals surface area (Å²) in [6, 6.07) is 9.70. The number of anilines is 1. The van der Waals surface area contributed by atoms with E-state index in [-0.39, 0.29) is 43.4 Å². The Hall–Kier alpha value is -3.05. The number of benzene rings is 2. The third-order valence-corrected chi connectivity index (χ3v) is 5.77. The van der Waals surface area contributed by atoms with Crippen LogP contribution in [0.4, 0.5) is 14.5 Å². The molecule has 32 heavy (non-hydrogen) atoms. The molecule has 1 N–H and O–H groups in total. The van der Waals surface area contributed by atoms with Crippen LogP contribution < -0.4 is 9.62 Å². The summed E-state index contributed by atoms with van der Waals surface area (Å²) >= 11 is 5.94. The maximum Gasteiger partial charge on any atom is 0.246 e. The summed E-state index contributed by atoms with van der Waals surface area (Å²) in [6.07, 6.45) is 1.09. The van der Waals surface area contributed by atoms with Crippen molar-refractivity contribution in [2.75, 3.05) is 17.1 Å². The number of hydrogen-bond donors (Lipinski definition) is 1. The highest BCUT2D eigenvalue weighted by Crippen LogP contribution is 2.22. The summed E-state index contributed by atoms with van der Waals surface area (Å²) < 4.78 is 56.7. The van der Waals surface area contributed by atoms with Gasteiger partial charge in [0.2, 0.25) is 27.6 Å². The minimum Gasteiger partial charge on any atom is -0.347 e. The van der Waals surface area contributed by atoms with Gasteiger partial charge in [-0.15, -0.1) is 0 Å². The Kier molecular flexibility index (Phi) is 7.41. The lowest BCUT2D eigenvalue weighted by atomic mass is 10.2. The van der Waals surface area contributed by atoms with Crippen LogP contribution in [0, 0.1) is 11.6 Å². The molecule has 12 heteroatoms. The largest absolute Gasteiger partial charge is 0.347 e. The van der Waals surface area contributed by atoms with Crippen molar-refractivity contribution in [3.63, 3.8) is 0 Å². The van der Waals surface area contributed by atoms with Gasteiger partial charge in [-0.25, -0.2) is 17.2 Å². The highest BCUT2D eigenvalue weighted by Gasteiger charge is 2.19. The molecule has 0 fully saturated rings. The lowest BCUT2D eigenvalue weighted by Crippen LogP contribution is -2.32. The molecule has 0 radical (unpaired) electrons. The molecule has 0 atom stereocenters. The molecule has 3 aromatic rings. The Labute approximate surface area is 188 Å². The lowest BCUT2D eigenvalue weighted by molar-refractivity contribution is -0.121. The minimum atomic E-state index is -3.76. The molecular weight excluding hydrogens is 466 g/mol. The highest BCUT2D eigenvalue weighted by atomic mass is 35.5. The Morgan fingerprint density at radius 3 is 2.66 bits per heavy atom. The Morgan fingerprint density at radius 1 is 1.19 bits per heavy atom. The van der Waals surface area contributed by atoms with Crippen LogP contribution in [0.3, 0.4) is 0 Å². The fourth-order valence-corrected chi connectivity index (χ4v) is 3.99. The second-order valence-corrected chi connectivity index (χ2v) is 9.18. The minimum absolute atomic E-state index is 0.00857. The SMILES string of the molecule is CS(=O)(=O)N(CCCC(=O)NCc1nc(-c2cccc(Cl)c2)no1)c1ccc(F)c(F)c1. The molecule has 0 saturated heterocycles. The summed E-state index contributed by atoms with van der Waals surface area (Å²) in [5.74, 6) is -2.10. The van der Waals surface area contributed by atoms with E-state index in [9.17, 15) is 22.0 Å². The summed E-state index contributed by atoms with van der Waals surface area (Å²) in [6.45, 7) is -0.0951. The third-order valence-electron chi connectivity index (χ3n) is 4.34. The third kappa shape index (κ3) is 6.24. The van der Waals surface area contributed by atoms with Gasteiger partial charge in [0.1, 0.15) is 0 Å². The van der Waals surface area contributed by atoms with Crippen LogP contribution in [0.15, 0.2) is 47.0 Å². The quantitative estimate of drug-likeness (QED) is 0.498. The van der Waals surface area contributed by atoms with Gasteiger partial charge < -0.3 is 9.84 Å². The van der Waals surface area contributed by atoms with Crippen LogP contribution in [0.2, 0.25) is 5.02 Å². The summed E-state index contributed by atoms with van der Waals surface area (Å²) in [4.78, 5) is 16.3. The molecular formula is C20H19ClF2N4O4S. The van der Waals surface area contributed by atoms with Crippen LogP contribution in [0.25, 0.3) is 11.4 Å². The topological polar surface area (TPSA) is 105 Å². The van der Waals surface area contributed by atoms with E-state index in [1.807, 2.05) is 0 Å². The lowest BCUT2D eigenvalue weighted by Gasteiger charge is -2.22. The first-order chi connectivity index (χ1) is 15.1. The van der Waals surface area contributed by atoms with Gasteiger partial charge in [0.15, 0.2) is 11.6 Å². The second kappa shape index (κ2) is 10.0. The maximum absolute atomic E-state index is 13.5. The predicted molar refractivity (Wildman–Crippen MR) is 114 cm³/mol. The molecule has 2 aromatic carbocycles. The van der Waals surface area contributed by atoms with Crippen molar-refractivity contribution in [2.24, 2.45) is 0 Å². The van der Waals surface area contributed by atoms with Crippen molar-refractivity contribution in [1.29, 1.82) is 0 Å². The fraction of sp³-hybridized carbons (Fsp3) is 0.250. The van der Waals surface area contributed by atoms with Gasteiger partial charge in [0, 0.05) is 29.6 Å². The predicted octanol–water partition coefficient (Wildman–Crippen LogP) is 3.53. The first-order valence-electron chi connectivity index (χ1n) is 9.41. The van der Waals surface area contributed by atoms with Crippen molar-refractivity contribution < 1.29 is 26.5 Å². The van der Waals surface area contributed by atoms with E-state index in [0.29, 0.717) is 16.4 Å². The molecule has 0 aliphatic heterocycles. The number of sulfonamides is 1. The van der Waals surface area contributed by atoms with Gasteiger partial charge in [0.25, 0.3) is 0 Å². The van der Waals surface area contributed by atoms with Crippen molar-refractivity contribution in [2.45, 2.75) is 19.4 Å². The first-order valence-corrected chi connectivity index (χ1v) is 11.6. The van der Waals surface area contributed by atoms with Crippen molar-refractivity contribution in [3.8, 4) is 11.4 Å². The van der Waals surface area contributed by atoms with Crippen molar-refractivity contribution in [1.82, 2.24) is 15.5 Å². The van der Waals surface area contributed by atoms with E-state index in [1.54, 1.807) is 24.3 Å². The zero-order valence-electron chi connectivity index (χ0n) is 16.9. The molecule has 170 valence electrons. The van der Waals surface area contributed by atoms with Gasteiger partial charge in [-0.2, -0.15) is 4.98 Å². The first kappa shape index (κ1) is 23.6. The number of carbonyl (C=O) groups is 1. The molecule has 8 nitrogen and oxygen atoms in total. The number of carbonyl (C=O) groups excluding carboxylic acids is 1. The Bertz CT molecular complexity index is 1220. The number of halogens is 3. The molecule has 0 bridgehead atoms. The number of hydrogen-bond acceptors (Lipinski definition) is 6. The van der Waals surface area contributed by atoms with E-state index in [0.717, 1.165) is 28.8 Å². The summed E-state index contributed by atoms with van der Waals surface area (Å²) in [7, 11) is -3.76. The number of amides is 1.